The van der Waals surface area contributed by atoms with Gasteiger partial charge in [0.05, 0.1) is 12.8 Å². The summed E-state index contributed by atoms with van der Waals surface area (Å²) in [4.78, 5) is 3.85. The van der Waals surface area contributed by atoms with Gasteiger partial charge in [-0.3, -0.25) is 4.98 Å². The Morgan fingerprint density at radius 1 is 1.47 bits per heavy atom. The third kappa shape index (κ3) is 3.98. The highest BCUT2D eigenvalue weighted by atomic mass is 16.7. The molecule has 4 heteroatoms. The molecule has 1 saturated heterocycles. The standard InChI is InChI=1S/C13H19NO3/c15-12-10-14-7-6-11(12)4-3-9-17-13-5-1-2-8-16-13/h6-7,10,13,15H,1-5,8-9H2. The molecule has 94 valence electrons. The van der Waals surface area contributed by atoms with Crippen molar-refractivity contribution in [3.63, 3.8) is 0 Å². The fraction of sp³-hybridized carbons (Fsp3) is 0.615. The molecule has 0 saturated carbocycles. The lowest BCUT2D eigenvalue weighted by Crippen LogP contribution is -2.22. The third-order valence-corrected chi connectivity index (χ3v) is 2.92. The maximum atomic E-state index is 9.53. The van der Waals surface area contributed by atoms with Crippen LogP contribution in [0, 0.1) is 0 Å². The average molecular weight is 237 g/mol. The molecular formula is C13H19NO3. The molecule has 1 aromatic rings. The molecule has 0 amide bonds. The van der Waals surface area contributed by atoms with Crippen LogP contribution in [0.1, 0.15) is 31.2 Å². The van der Waals surface area contributed by atoms with Crippen molar-refractivity contribution in [3.05, 3.63) is 24.0 Å². The Morgan fingerprint density at radius 3 is 3.18 bits per heavy atom. The van der Waals surface area contributed by atoms with Gasteiger partial charge in [0, 0.05) is 12.8 Å². The lowest BCUT2D eigenvalue weighted by atomic mass is 10.1. The molecule has 0 spiro atoms. The largest absolute Gasteiger partial charge is 0.506 e. The number of hydrogen-bond acceptors (Lipinski definition) is 4. The van der Waals surface area contributed by atoms with E-state index < -0.39 is 0 Å². The van der Waals surface area contributed by atoms with Crippen molar-refractivity contribution in [2.75, 3.05) is 13.2 Å². The van der Waals surface area contributed by atoms with Crippen molar-refractivity contribution >= 4 is 0 Å². The van der Waals surface area contributed by atoms with E-state index in [-0.39, 0.29) is 12.0 Å². The Balaban J connectivity index is 1.64. The van der Waals surface area contributed by atoms with Crippen molar-refractivity contribution < 1.29 is 14.6 Å². The molecule has 1 fully saturated rings. The first-order valence-corrected chi connectivity index (χ1v) is 6.21. The van der Waals surface area contributed by atoms with Gasteiger partial charge in [-0.25, -0.2) is 0 Å². The lowest BCUT2D eigenvalue weighted by Gasteiger charge is -2.22. The minimum absolute atomic E-state index is 0.0187. The summed E-state index contributed by atoms with van der Waals surface area (Å²) < 4.78 is 11.1. The van der Waals surface area contributed by atoms with E-state index in [9.17, 15) is 5.11 Å². The van der Waals surface area contributed by atoms with Gasteiger partial charge in [0.2, 0.25) is 0 Å². The van der Waals surface area contributed by atoms with E-state index in [1.165, 1.54) is 12.6 Å². The maximum Gasteiger partial charge on any atom is 0.157 e. The fourth-order valence-electron chi connectivity index (χ4n) is 1.95. The Labute approximate surface area is 102 Å². The van der Waals surface area contributed by atoms with Crippen LogP contribution in [-0.2, 0) is 15.9 Å². The van der Waals surface area contributed by atoms with Gasteiger partial charge in [-0.2, -0.15) is 0 Å². The Hall–Kier alpha value is -1.13. The van der Waals surface area contributed by atoms with E-state index in [1.54, 1.807) is 6.20 Å². The highest BCUT2D eigenvalue weighted by Crippen LogP contribution is 2.17. The predicted molar refractivity (Wildman–Crippen MR) is 63.8 cm³/mol. The van der Waals surface area contributed by atoms with E-state index in [2.05, 4.69) is 4.98 Å². The Bertz CT molecular complexity index is 337. The summed E-state index contributed by atoms with van der Waals surface area (Å²) in [7, 11) is 0. The number of nitrogens with zero attached hydrogens (tertiary/aromatic N) is 1. The summed E-state index contributed by atoms with van der Waals surface area (Å²) in [6.45, 7) is 1.49. The summed E-state index contributed by atoms with van der Waals surface area (Å²) in [5.74, 6) is 0.265. The Morgan fingerprint density at radius 2 is 2.41 bits per heavy atom. The number of ether oxygens (including phenoxy) is 2. The molecular weight excluding hydrogens is 218 g/mol. The van der Waals surface area contributed by atoms with Crippen LogP contribution in [0.15, 0.2) is 18.5 Å². The number of rotatable bonds is 5. The van der Waals surface area contributed by atoms with Gasteiger partial charge in [0.25, 0.3) is 0 Å². The van der Waals surface area contributed by atoms with Crippen molar-refractivity contribution in [3.8, 4) is 5.75 Å². The molecule has 17 heavy (non-hydrogen) atoms. The first-order chi connectivity index (χ1) is 8.36. The van der Waals surface area contributed by atoms with E-state index in [4.69, 9.17) is 9.47 Å². The van der Waals surface area contributed by atoms with Crippen LogP contribution in [0.4, 0.5) is 0 Å². The van der Waals surface area contributed by atoms with Crippen LogP contribution in [0.2, 0.25) is 0 Å². The molecule has 2 rings (SSSR count). The quantitative estimate of drug-likeness (QED) is 0.798. The highest BCUT2D eigenvalue weighted by molar-refractivity contribution is 5.27. The van der Waals surface area contributed by atoms with Crippen molar-refractivity contribution in [1.82, 2.24) is 4.98 Å². The fourth-order valence-corrected chi connectivity index (χ4v) is 1.95. The maximum absolute atomic E-state index is 9.53. The molecule has 1 unspecified atom stereocenters. The van der Waals surface area contributed by atoms with Gasteiger partial charge in [0.1, 0.15) is 5.75 Å². The predicted octanol–water partition coefficient (Wildman–Crippen LogP) is 2.26. The molecule has 1 aromatic heterocycles. The molecule has 0 aliphatic carbocycles. The second kappa shape index (κ2) is 6.57. The highest BCUT2D eigenvalue weighted by Gasteiger charge is 2.13. The van der Waals surface area contributed by atoms with Crippen molar-refractivity contribution in [1.29, 1.82) is 0 Å². The van der Waals surface area contributed by atoms with Crippen LogP contribution >= 0.6 is 0 Å². The van der Waals surface area contributed by atoms with E-state index in [0.717, 1.165) is 37.9 Å². The average Bonchev–Trinajstić information content (AvgIpc) is 2.38. The minimum atomic E-state index is -0.0187. The monoisotopic (exact) mass is 237 g/mol. The summed E-state index contributed by atoms with van der Waals surface area (Å²) in [5.41, 5.74) is 0.924. The smallest absolute Gasteiger partial charge is 0.157 e. The van der Waals surface area contributed by atoms with Gasteiger partial charge in [0.15, 0.2) is 6.29 Å². The van der Waals surface area contributed by atoms with E-state index >= 15 is 0 Å². The van der Waals surface area contributed by atoms with Crippen LogP contribution in [-0.4, -0.2) is 29.6 Å². The number of hydrogen-bond donors (Lipinski definition) is 1. The number of pyridine rings is 1. The zero-order valence-electron chi connectivity index (χ0n) is 9.97. The summed E-state index contributed by atoms with van der Waals surface area (Å²) >= 11 is 0. The molecule has 4 nitrogen and oxygen atoms in total. The number of aryl methyl sites for hydroxylation is 1. The first-order valence-electron chi connectivity index (χ1n) is 6.21. The van der Waals surface area contributed by atoms with Crippen LogP contribution in [0.5, 0.6) is 5.75 Å². The molecule has 0 bridgehead atoms. The second-order valence-electron chi connectivity index (χ2n) is 4.27. The van der Waals surface area contributed by atoms with Crippen LogP contribution < -0.4 is 0 Å². The van der Waals surface area contributed by atoms with Crippen molar-refractivity contribution in [2.45, 2.75) is 38.4 Å². The minimum Gasteiger partial charge on any atom is -0.506 e. The topological polar surface area (TPSA) is 51.6 Å². The zero-order valence-corrected chi connectivity index (χ0v) is 9.97. The Kier molecular flexibility index (Phi) is 4.76. The molecule has 0 aromatic carbocycles. The molecule has 1 aliphatic rings. The number of aromatic nitrogens is 1. The van der Waals surface area contributed by atoms with Crippen LogP contribution in [0.3, 0.4) is 0 Å². The van der Waals surface area contributed by atoms with Crippen molar-refractivity contribution in [2.24, 2.45) is 0 Å². The summed E-state index contributed by atoms with van der Waals surface area (Å²) in [6.07, 6.45) is 8.18. The second-order valence-corrected chi connectivity index (χ2v) is 4.27. The molecule has 1 N–H and O–H groups in total. The van der Waals surface area contributed by atoms with Gasteiger partial charge in [-0.05, 0) is 43.7 Å². The normalized spacial score (nSPS) is 20.4. The van der Waals surface area contributed by atoms with Crippen LogP contribution in [0.25, 0.3) is 0 Å². The summed E-state index contributed by atoms with van der Waals surface area (Å²) in [6, 6.07) is 1.84. The van der Waals surface area contributed by atoms with Gasteiger partial charge >= 0.3 is 0 Å². The third-order valence-electron chi connectivity index (χ3n) is 2.92. The zero-order chi connectivity index (χ0) is 11.9. The first kappa shape index (κ1) is 12.3. The SMILES string of the molecule is Oc1cnccc1CCCOC1CCCCO1. The van der Waals surface area contributed by atoms with E-state index in [0.29, 0.717) is 6.61 Å². The molecule has 0 radical (unpaired) electrons. The lowest BCUT2D eigenvalue weighted by molar-refractivity contribution is -0.162. The van der Waals surface area contributed by atoms with Gasteiger partial charge in [-0.1, -0.05) is 0 Å². The molecule has 1 aliphatic heterocycles. The molecule has 1 atom stereocenters. The van der Waals surface area contributed by atoms with E-state index in [1.807, 2.05) is 6.07 Å². The van der Waals surface area contributed by atoms with Gasteiger partial charge < -0.3 is 14.6 Å². The molecule has 2 heterocycles. The summed E-state index contributed by atoms with van der Waals surface area (Å²) in [5, 5.41) is 9.53. The van der Waals surface area contributed by atoms with Gasteiger partial charge in [-0.15, -0.1) is 0 Å². The number of aromatic hydroxyl groups is 1.